The highest BCUT2D eigenvalue weighted by Crippen LogP contribution is 2.34. The number of rotatable bonds is 9. The summed E-state index contributed by atoms with van der Waals surface area (Å²) in [5, 5.41) is 19.1. The van der Waals surface area contributed by atoms with Gasteiger partial charge in [0.2, 0.25) is 0 Å². The average molecular weight is 417 g/mol. The molecule has 0 bridgehead atoms. The number of nitrogens with zero attached hydrogens (tertiary/aromatic N) is 3. The molecule has 1 aliphatic rings. The van der Waals surface area contributed by atoms with Crippen LogP contribution in [0.25, 0.3) is 5.69 Å². The molecule has 1 unspecified atom stereocenters. The Bertz CT molecular complexity index is 877. The summed E-state index contributed by atoms with van der Waals surface area (Å²) in [5.74, 6) is 2.57. The Morgan fingerprint density at radius 2 is 2.00 bits per heavy atom. The van der Waals surface area contributed by atoms with Crippen molar-refractivity contribution in [2.75, 3.05) is 25.5 Å². The van der Waals surface area contributed by atoms with Crippen LogP contribution < -0.4 is 20.7 Å². The minimum absolute atomic E-state index is 0. The zero-order valence-electron chi connectivity index (χ0n) is 19.2. The molecule has 0 radical (unpaired) electrons. The van der Waals surface area contributed by atoms with Gasteiger partial charge < -0.3 is 15.4 Å². The first-order chi connectivity index (χ1) is 14.5. The molecule has 2 heterocycles. The van der Waals surface area contributed by atoms with Crippen molar-refractivity contribution in [3.8, 4) is 11.4 Å². The van der Waals surface area contributed by atoms with E-state index in [1.807, 2.05) is 39.0 Å². The Morgan fingerprint density at radius 3 is 2.70 bits per heavy atom. The number of nitrogens with one attached hydrogen (secondary N) is 3. The van der Waals surface area contributed by atoms with E-state index >= 15 is 0 Å². The summed E-state index contributed by atoms with van der Waals surface area (Å²) in [7, 11) is 1.68. The summed E-state index contributed by atoms with van der Waals surface area (Å²) in [6, 6.07) is 5.99. The molecule has 0 saturated heterocycles. The zero-order chi connectivity index (χ0) is 22.1. The van der Waals surface area contributed by atoms with Crippen molar-refractivity contribution < 1.29 is 7.59 Å². The van der Waals surface area contributed by atoms with Crippen molar-refractivity contribution >= 4 is 5.69 Å². The van der Waals surface area contributed by atoms with E-state index < -0.39 is 0 Å². The van der Waals surface area contributed by atoms with E-state index in [2.05, 4.69) is 57.2 Å². The molecule has 1 atom stereocenters. The molecule has 7 heteroatoms. The van der Waals surface area contributed by atoms with E-state index in [-0.39, 0.29) is 9.02 Å². The third-order valence-corrected chi connectivity index (χ3v) is 4.62. The third kappa shape index (κ3) is 5.86. The fourth-order valence-electron chi connectivity index (χ4n) is 3.32. The van der Waals surface area contributed by atoms with Gasteiger partial charge in [-0.15, -0.1) is 10.2 Å². The maximum absolute atomic E-state index is 5.36. The number of benzene rings is 1. The number of aromatic nitrogens is 3. The van der Waals surface area contributed by atoms with Crippen LogP contribution in [0.4, 0.5) is 5.69 Å². The second-order valence-corrected chi connectivity index (χ2v) is 7.24. The van der Waals surface area contributed by atoms with Crippen LogP contribution in [0.2, 0.25) is 0 Å². The van der Waals surface area contributed by atoms with Gasteiger partial charge >= 0.3 is 0 Å². The molecule has 168 valence electrons. The smallest absolute Gasteiger partial charge is 0.175 e. The minimum atomic E-state index is -0.0885. The zero-order valence-corrected chi connectivity index (χ0v) is 19.2. The maximum Gasteiger partial charge on any atom is 0.175 e. The van der Waals surface area contributed by atoms with Gasteiger partial charge in [-0.2, -0.15) is 0 Å². The van der Waals surface area contributed by atoms with Gasteiger partial charge in [0.25, 0.3) is 0 Å². The van der Waals surface area contributed by atoms with Crippen molar-refractivity contribution in [3.63, 3.8) is 0 Å². The molecule has 30 heavy (non-hydrogen) atoms. The van der Waals surface area contributed by atoms with Gasteiger partial charge in [0.05, 0.1) is 18.5 Å². The molecule has 1 aromatic heterocycles. The fraction of sp³-hybridized carbons (Fsp3) is 0.478. The fourth-order valence-corrected chi connectivity index (χ4v) is 3.32. The standard InChI is InChI=1S/C21H30N6O.C2H6.2H2/c1-14(2)12-15(3)22-10-6-7-11-23-20-21-26-25-16(4)27(21)19-9-8-17(28-5)13-18(19)24-20;1-2;;/h8-9,12-13,20,22-24H,3,6-7,10-11H2,1-2,4-5H3;1-2H3;2*1H. The summed E-state index contributed by atoms with van der Waals surface area (Å²) in [6.07, 6.45) is 4.08. The Morgan fingerprint density at radius 1 is 1.27 bits per heavy atom. The second-order valence-electron chi connectivity index (χ2n) is 7.24. The number of unbranched alkanes of at least 4 members (excludes halogenated alkanes) is 1. The molecule has 0 saturated carbocycles. The maximum atomic E-state index is 5.36. The monoisotopic (exact) mass is 416 g/mol. The summed E-state index contributed by atoms with van der Waals surface area (Å²) in [4.78, 5) is 0. The molecule has 3 N–H and O–H groups in total. The molecule has 1 aliphatic heterocycles. The Kier molecular flexibility index (Phi) is 8.92. The third-order valence-electron chi connectivity index (χ3n) is 4.62. The number of aryl methyl sites for hydroxylation is 1. The van der Waals surface area contributed by atoms with E-state index in [1.165, 1.54) is 5.57 Å². The number of allylic oxidation sites excluding steroid dienone is 2. The molecule has 7 nitrogen and oxygen atoms in total. The van der Waals surface area contributed by atoms with Gasteiger partial charge in [0.1, 0.15) is 17.7 Å². The van der Waals surface area contributed by atoms with Crippen molar-refractivity contribution in [1.29, 1.82) is 0 Å². The molecule has 0 fully saturated rings. The molecule has 3 rings (SSSR count). The van der Waals surface area contributed by atoms with Crippen molar-refractivity contribution in [3.05, 3.63) is 53.8 Å². The molecule has 2 aromatic rings. The number of methoxy groups -OCH3 is 1. The van der Waals surface area contributed by atoms with Crippen LogP contribution in [-0.2, 0) is 0 Å². The first kappa shape index (κ1) is 23.5. The van der Waals surface area contributed by atoms with Crippen LogP contribution in [0.1, 0.15) is 61.2 Å². The SMILES string of the molecule is C=C(C=C(C)C)NCCCCNC1Nc2cc(OC)ccc2-n2c(C)nnc21.CC.[HH].[HH]. The normalized spacial score (nSPS) is 13.7. The summed E-state index contributed by atoms with van der Waals surface area (Å²) >= 11 is 0. The molecule has 0 amide bonds. The Hall–Kier alpha value is -2.80. The highest BCUT2D eigenvalue weighted by atomic mass is 16.5. The van der Waals surface area contributed by atoms with E-state index in [0.717, 1.165) is 60.4 Å². The van der Waals surface area contributed by atoms with Gasteiger partial charge in [0.15, 0.2) is 5.82 Å². The van der Waals surface area contributed by atoms with Crippen LogP contribution in [0.3, 0.4) is 0 Å². The summed E-state index contributed by atoms with van der Waals surface area (Å²) in [5.41, 5.74) is 4.26. The quantitative estimate of drug-likeness (QED) is 0.396. The highest BCUT2D eigenvalue weighted by molar-refractivity contribution is 5.67. The van der Waals surface area contributed by atoms with Gasteiger partial charge in [0, 0.05) is 21.2 Å². The van der Waals surface area contributed by atoms with Crippen molar-refractivity contribution in [1.82, 2.24) is 25.4 Å². The van der Waals surface area contributed by atoms with Crippen LogP contribution in [0.5, 0.6) is 5.75 Å². The number of anilines is 1. The average Bonchev–Trinajstić information content (AvgIpc) is 3.13. The predicted octanol–water partition coefficient (Wildman–Crippen LogP) is 4.97. The first-order valence-corrected chi connectivity index (χ1v) is 10.7. The lowest BCUT2D eigenvalue weighted by Gasteiger charge is -2.29. The number of ether oxygens (including phenoxy) is 1. The lowest BCUT2D eigenvalue weighted by molar-refractivity contribution is 0.414. The van der Waals surface area contributed by atoms with Gasteiger partial charge in [-0.25, -0.2) is 0 Å². The lowest BCUT2D eigenvalue weighted by atomic mass is 10.2. The van der Waals surface area contributed by atoms with E-state index in [1.54, 1.807) is 7.11 Å². The van der Waals surface area contributed by atoms with Gasteiger partial charge in [-0.1, -0.05) is 26.0 Å². The van der Waals surface area contributed by atoms with E-state index in [4.69, 9.17) is 4.74 Å². The van der Waals surface area contributed by atoms with Crippen molar-refractivity contribution in [2.45, 2.75) is 53.6 Å². The molecule has 0 spiro atoms. The lowest BCUT2D eigenvalue weighted by Crippen LogP contribution is -2.34. The van der Waals surface area contributed by atoms with E-state index in [0.29, 0.717) is 0 Å². The van der Waals surface area contributed by atoms with Crippen molar-refractivity contribution in [2.24, 2.45) is 0 Å². The van der Waals surface area contributed by atoms with Gasteiger partial charge in [-0.05, 0) is 58.4 Å². The van der Waals surface area contributed by atoms with Gasteiger partial charge in [-0.3, -0.25) is 9.88 Å². The number of hydrogen-bond donors (Lipinski definition) is 3. The molecular formula is C23H40N6O. The number of hydrogen-bond acceptors (Lipinski definition) is 6. The van der Waals surface area contributed by atoms with Crippen LogP contribution in [0, 0.1) is 6.92 Å². The Labute approximate surface area is 183 Å². The Balaban J connectivity index is 0.00000234. The highest BCUT2D eigenvalue weighted by Gasteiger charge is 2.27. The predicted molar refractivity (Wildman–Crippen MR) is 128 cm³/mol. The molecule has 1 aromatic carbocycles. The van der Waals surface area contributed by atoms with Crippen LogP contribution in [0.15, 0.2) is 42.1 Å². The first-order valence-electron chi connectivity index (χ1n) is 10.7. The summed E-state index contributed by atoms with van der Waals surface area (Å²) < 4.78 is 7.46. The van der Waals surface area contributed by atoms with E-state index in [9.17, 15) is 0 Å². The number of fused-ring (bicyclic) bond motifs is 3. The molecule has 0 aliphatic carbocycles. The second kappa shape index (κ2) is 11.4. The minimum Gasteiger partial charge on any atom is -0.497 e. The largest absolute Gasteiger partial charge is 0.497 e. The topological polar surface area (TPSA) is 76.0 Å². The van der Waals surface area contributed by atoms with Crippen LogP contribution in [-0.4, -0.2) is 35.0 Å². The molecular weight excluding hydrogens is 376 g/mol. The van der Waals surface area contributed by atoms with Crippen LogP contribution >= 0.6 is 0 Å². The summed E-state index contributed by atoms with van der Waals surface area (Å²) in [6.45, 7) is 15.9.